The Bertz CT molecular complexity index is 496. The lowest BCUT2D eigenvalue weighted by atomic mass is 9.98. The van der Waals surface area contributed by atoms with Gasteiger partial charge in [-0.15, -0.1) is 0 Å². The third-order valence-corrected chi connectivity index (χ3v) is 4.03. The molecule has 0 aliphatic carbocycles. The Morgan fingerprint density at radius 2 is 1.90 bits per heavy atom. The van der Waals surface area contributed by atoms with E-state index in [2.05, 4.69) is 6.92 Å². The van der Waals surface area contributed by atoms with Gasteiger partial charge in [0.25, 0.3) is 5.91 Å². The zero-order chi connectivity index (χ0) is 14.7. The first-order valence-electron chi connectivity index (χ1n) is 6.77. The van der Waals surface area contributed by atoms with Crippen molar-refractivity contribution in [2.75, 3.05) is 27.3 Å². The number of rotatable bonds is 3. The van der Waals surface area contributed by atoms with Gasteiger partial charge >= 0.3 is 0 Å². The number of piperidine rings is 1. The summed E-state index contributed by atoms with van der Waals surface area (Å²) in [5.41, 5.74) is 0.544. The predicted octanol–water partition coefficient (Wildman–Crippen LogP) is 3.23. The molecule has 0 aromatic heterocycles. The predicted molar refractivity (Wildman–Crippen MR) is 78.9 cm³/mol. The number of hydrogen-bond donors (Lipinski definition) is 0. The first-order chi connectivity index (χ1) is 9.56. The molecule has 1 heterocycles. The van der Waals surface area contributed by atoms with Crippen molar-refractivity contribution in [1.82, 2.24) is 4.90 Å². The monoisotopic (exact) mass is 297 g/mol. The van der Waals surface area contributed by atoms with Gasteiger partial charge in [0.1, 0.15) is 0 Å². The zero-order valence-electron chi connectivity index (χ0n) is 12.1. The Morgan fingerprint density at radius 3 is 2.45 bits per heavy atom. The van der Waals surface area contributed by atoms with Crippen molar-refractivity contribution in [2.24, 2.45) is 5.92 Å². The molecular formula is C15H20ClNO3. The maximum atomic E-state index is 12.5. The lowest BCUT2D eigenvalue weighted by Gasteiger charge is -2.30. The Labute approximate surface area is 124 Å². The van der Waals surface area contributed by atoms with Crippen LogP contribution in [-0.4, -0.2) is 38.1 Å². The summed E-state index contributed by atoms with van der Waals surface area (Å²) >= 11 is 6.14. The molecule has 1 fully saturated rings. The lowest BCUT2D eigenvalue weighted by Crippen LogP contribution is -2.37. The highest BCUT2D eigenvalue weighted by molar-refractivity contribution is 6.32. The highest BCUT2D eigenvalue weighted by Crippen LogP contribution is 2.36. The molecule has 0 atom stereocenters. The molecule has 20 heavy (non-hydrogen) atoms. The van der Waals surface area contributed by atoms with Crippen molar-refractivity contribution >= 4 is 17.5 Å². The van der Waals surface area contributed by atoms with Crippen molar-refractivity contribution in [3.05, 3.63) is 22.7 Å². The number of methoxy groups -OCH3 is 2. The van der Waals surface area contributed by atoms with E-state index >= 15 is 0 Å². The third-order valence-electron chi connectivity index (χ3n) is 3.75. The van der Waals surface area contributed by atoms with Crippen molar-refractivity contribution < 1.29 is 14.3 Å². The fraction of sp³-hybridized carbons (Fsp3) is 0.533. The summed E-state index contributed by atoms with van der Waals surface area (Å²) in [6, 6.07) is 3.33. The van der Waals surface area contributed by atoms with Crippen molar-refractivity contribution in [3.63, 3.8) is 0 Å². The van der Waals surface area contributed by atoms with Crippen LogP contribution in [0.25, 0.3) is 0 Å². The summed E-state index contributed by atoms with van der Waals surface area (Å²) in [5, 5.41) is 0.389. The van der Waals surface area contributed by atoms with Crippen LogP contribution >= 0.6 is 11.6 Å². The van der Waals surface area contributed by atoms with Gasteiger partial charge in [0.05, 0.1) is 19.2 Å². The van der Waals surface area contributed by atoms with Crippen molar-refractivity contribution in [2.45, 2.75) is 19.8 Å². The fourth-order valence-electron chi connectivity index (χ4n) is 2.44. The van der Waals surface area contributed by atoms with Crippen LogP contribution < -0.4 is 9.47 Å². The summed E-state index contributed by atoms with van der Waals surface area (Å²) in [6.45, 7) is 3.81. The molecule has 5 heteroatoms. The smallest absolute Gasteiger partial charge is 0.254 e. The topological polar surface area (TPSA) is 38.8 Å². The van der Waals surface area contributed by atoms with E-state index in [0.29, 0.717) is 28.0 Å². The maximum absolute atomic E-state index is 12.5. The van der Waals surface area contributed by atoms with Crippen LogP contribution in [0.4, 0.5) is 0 Å². The molecular weight excluding hydrogens is 278 g/mol. The standard InChI is InChI=1S/C15H20ClNO3/c1-10-4-6-17(7-5-10)15(18)11-8-12(16)14(20-3)13(9-11)19-2/h8-10H,4-7H2,1-3H3. The van der Waals surface area contributed by atoms with Crippen molar-refractivity contribution in [3.8, 4) is 11.5 Å². The molecule has 0 radical (unpaired) electrons. The summed E-state index contributed by atoms with van der Waals surface area (Å²) in [6.07, 6.45) is 2.10. The van der Waals surface area contributed by atoms with Gasteiger partial charge in [-0.25, -0.2) is 0 Å². The number of hydrogen-bond acceptors (Lipinski definition) is 3. The van der Waals surface area contributed by atoms with Crippen LogP contribution in [0, 0.1) is 5.92 Å². The van der Waals surface area contributed by atoms with Crippen LogP contribution in [0.5, 0.6) is 11.5 Å². The highest BCUT2D eigenvalue weighted by atomic mass is 35.5. The molecule has 0 unspecified atom stereocenters. The Morgan fingerprint density at radius 1 is 1.25 bits per heavy atom. The van der Waals surface area contributed by atoms with Crippen LogP contribution in [0.1, 0.15) is 30.1 Å². The second kappa shape index (κ2) is 6.35. The maximum Gasteiger partial charge on any atom is 0.254 e. The molecule has 2 rings (SSSR count). The summed E-state index contributed by atoms with van der Waals surface area (Å²) in [4.78, 5) is 14.4. The molecule has 0 spiro atoms. The van der Waals surface area contributed by atoms with Crippen molar-refractivity contribution in [1.29, 1.82) is 0 Å². The normalized spacial score (nSPS) is 16.1. The van der Waals surface area contributed by atoms with Gasteiger partial charge in [-0.2, -0.15) is 0 Å². The van der Waals surface area contributed by atoms with Gasteiger partial charge in [0.15, 0.2) is 11.5 Å². The Balaban J connectivity index is 2.24. The van der Waals surface area contributed by atoms with E-state index < -0.39 is 0 Å². The van der Waals surface area contributed by atoms with Crippen LogP contribution in [0.2, 0.25) is 5.02 Å². The van der Waals surface area contributed by atoms with Gasteiger partial charge in [-0.1, -0.05) is 18.5 Å². The summed E-state index contributed by atoms with van der Waals surface area (Å²) < 4.78 is 10.4. The number of likely N-dealkylation sites (tertiary alicyclic amines) is 1. The van der Waals surface area contributed by atoms with Crippen LogP contribution in [0.3, 0.4) is 0 Å². The first kappa shape index (κ1) is 15.0. The van der Waals surface area contributed by atoms with E-state index in [0.717, 1.165) is 25.9 Å². The second-order valence-electron chi connectivity index (χ2n) is 5.17. The van der Waals surface area contributed by atoms with Gasteiger partial charge in [0, 0.05) is 18.7 Å². The Kier molecular flexibility index (Phi) is 4.76. The third kappa shape index (κ3) is 3.01. The molecule has 1 saturated heterocycles. The molecule has 1 aromatic rings. The molecule has 1 aliphatic heterocycles. The number of carbonyl (C=O) groups is 1. The molecule has 0 bridgehead atoms. The Hall–Kier alpha value is -1.42. The summed E-state index contributed by atoms with van der Waals surface area (Å²) in [5.74, 6) is 1.62. The van der Waals surface area contributed by atoms with E-state index in [1.54, 1.807) is 12.1 Å². The number of ether oxygens (including phenoxy) is 2. The van der Waals surface area contributed by atoms with Crippen LogP contribution in [0.15, 0.2) is 12.1 Å². The molecule has 4 nitrogen and oxygen atoms in total. The van der Waals surface area contributed by atoms with Crippen LogP contribution in [-0.2, 0) is 0 Å². The lowest BCUT2D eigenvalue weighted by molar-refractivity contribution is 0.0697. The average Bonchev–Trinajstić information content (AvgIpc) is 2.46. The highest BCUT2D eigenvalue weighted by Gasteiger charge is 2.23. The SMILES string of the molecule is COc1cc(C(=O)N2CCC(C)CC2)cc(Cl)c1OC. The van der Waals surface area contributed by atoms with E-state index in [1.807, 2.05) is 4.90 Å². The molecule has 0 saturated carbocycles. The number of halogens is 1. The molecule has 1 aliphatic rings. The second-order valence-corrected chi connectivity index (χ2v) is 5.58. The van der Waals surface area contributed by atoms with Gasteiger partial charge < -0.3 is 14.4 Å². The number of nitrogens with zero attached hydrogens (tertiary/aromatic N) is 1. The molecule has 1 amide bonds. The number of amides is 1. The van der Waals surface area contributed by atoms with E-state index in [4.69, 9.17) is 21.1 Å². The minimum Gasteiger partial charge on any atom is -0.493 e. The minimum absolute atomic E-state index is 0.000229. The van der Waals surface area contributed by atoms with Gasteiger partial charge in [-0.05, 0) is 30.9 Å². The largest absolute Gasteiger partial charge is 0.493 e. The average molecular weight is 298 g/mol. The molecule has 1 aromatic carbocycles. The quantitative estimate of drug-likeness (QED) is 0.860. The minimum atomic E-state index is -0.000229. The summed E-state index contributed by atoms with van der Waals surface area (Å²) in [7, 11) is 3.06. The zero-order valence-corrected chi connectivity index (χ0v) is 12.9. The molecule has 0 N–H and O–H groups in total. The van der Waals surface area contributed by atoms with E-state index in [9.17, 15) is 4.79 Å². The van der Waals surface area contributed by atoms with Gasteiger partial charge in [0.2, 0.25) is 0 Å². The van der Waals surface area contributed by atoms with E-state index in [-0.39, 0.29) is 5.91 Å². The molecule has 110 valence electrons. The van der Waals surface area contributed by atoms with Gasteiger partial charge in [-0.3, -0.25) is 4.79 Å². The number of carbonyl (C=O) groups excluding carboxylic acids is 1. The number of benzene rings is 1. The fourth-order valence-corrected chi connectivity index (χ4v) is 2.72. The van der Waals surface area contributed by atoms with E-state index in [1.165, 1.54) is 14.2 Å². The first-order valence-corrected chi connectivity index (χ1v) is 7.15.